The molecule has 2 unspecified atom stereocenters. The summed E-state index contributed by atoms with van der Waals surface area (Å²) in [7, 11) is 0. The van der Waals surface area contributed by atoms with E-state index in [1.165, 1.54) is 12.3 Å². The van der Waals surface area contributed by atoms with Gasteiger partial charge in [-0.15, -0.1) is 0 Å². The number of Topliss-reactive ketones (excluding diaryl/α,β-unsaturated/α-hetero) is 2. The maximum atomic E-state index is 13.2. The molecule has 1 aromatic carbocycles. The van der Waals surface area contributed by atoms with Crippen LogP contribution >= 0.6 is 23.2 Å². The number of halogens is 2. The summed E-state index contributed by atoms with van der Waals surface area (Å²) in [6.45, 7) is 4.14. The van der Waals surface area contributed by atoms with E-state index in [1.807, 2.05) is 26.0 Å². The molecule has 0 spiro atoms. The predicted octanol–water partition coefficient (Wildman–Crippen LogP) is 5.12. The van der Waals surface area contributed by atoms with Gasteiger partial charge in [-0.1, -0.05) is 41.4 Å². The van der Waals surface area contributed by atoms with Crippen molar-refractivity contribution in [2.75, 3.05) is 6.54 Å². The van der Waals surface area contributed by atoms with Crippen LogP contribution in [0.5, 0.6) is 0 Å². The van der Waals surface area contributed by atoms with Crippen LogP contribution < -0.4 is 5.32 Å². The number of benzene rings is 1. The molecule has 1 heterocycles. The molecule has 6 nitrogen and oxygen atoms in total. The van der Waals surface area contributed by atoms with Crippen LogP contribution in [0, 0.1) is 25.2 Å². The van der Waals surface area contributed by atoms with E-state index in [1.54, 1.807) is 12.1 Å². The van der Waals surface area contributed by atoms with Crippen molar-refractivity contribution < 1.29 is 14.4 Å². The summed E-state index contributed by atoms with van der Waals surface area (Å²) in [5, 5.41) is 10.7. The van der Waals surface area contributed by atoms with Crippen LogP contribution in [0.4, 0.5) is 0 Å². The lowest BCUT2D eigenvalue weighted by molar-refractivity contribution is -0.124. The van der Waals surface area contributed by atoms with Gasteiger partial charge in [0.25, 0.3) is 5.91 Å². The number of pyridine rings is 1. The van der Waals surface area contributed by atoms with Crippen molar-refractivity contribution >= 4 is 46.9 Å². The van der Waals surface area contributed by atoms with Gasteiger partial charge in [0.15, 0.2) is 5.78 Å². The molecule has 1 aliphatic carbocycles. The number of carbonyl (C=O) groups is 3. The zero-order valence-electron chi connectivity index (χ0n) is 19.2. The number of allylic oxidation sites excluding steroid dienone is 2. The largest absolute Gasteiger partial charge is 0.351 e. The van der Waals surface area contributed by atoms with Crippen LogP contribution in [0.2, 0.25) is 5.02 Å². The molecule has 2 aromatic rings. The van der Waals surface area contributed by atoms with E-state index in [9.17, 15) is 14.4 Å². The minimum absolute atomic E-state index is 0.0691. The highest BCUT2D eigenvalue weighted by molar-refractivity contribution is 6.38. The van der Waals surface area contributed by atoms with Gasteiger partial charge in [-0.2, -0.15) is 0 Å². The molecule has 1 aromatic heterocycles. The topological polar surface area (TPSA) is 100.0 Å². The summed E-state index contributed by atoms with van der Waals surface area (Å²) in [6, 6.07) is 7.15. The van der Waals surface area contributed by atoms with Crippen LogP contribution in [-0.2, 0) is 16.0 Å². The van der Waals surface area contributed by atoms with Crippen LogP contribution in [0.1, 0.15) is 57.9 Å². The zero-order valence-corrected chi connectivity index (χ0v) is 20.7. The van der Waals surface area contributed by atoms with E-state index in [0.717, 1.165) is 34.9 Å². The maximum absolute atomic E-state index is 13.2. The lowest BCUT2D eigenvalue weighted by Gasteiger charge is -2.17. The summed E-state index contributed by atoms with van der Waals surface area (Å²) in [4.78, 5) is 42.2. The second-order valence-corrected chi connectivity index (χ2v) is 9.40. The van der Waals surface area contributed by atoms with Crippen LogP contribution in [-0.4, -0.2) is 35.2 Å². The van der Waals surface area contributed by atoms with E-state index in [0.29, 0.717) is 22.9 Å². The number of rotatable bonds is 9. The Morgan fingerprint density at radius 3 is 2.56 bits per heavy atom. The first kappa shape index (κ1) is 25.8. The normalized spacial score (nSPS) is 18.3. The zero-order chi connectivity index (χ0) is 24.8. The third-order valence-electron chi connectivity index (χ3n) is 6.05. The van der Waals surface area contributed by atoms with Crippen molar-refractivity contribution in [1.82, 2.24) is 10.3 Å². The molecular weight excluding hydrogens is 473 g/mol. The number of carbonyl (C=O) groups excluding carboxylic acids is 3. The average Bonchev–Trinajstić information content (AvgIpc) is 3.07. The minimum atomic E-state index is -0.750. The van der Waals surface area contributed by atoms with E-state index in [-0.39, 0.29) is 36.1 Å². The van der Waals surface area contributed by atoms with Crippen molar-refractivity contribution in [3.8, 4) is 0 Å². The molecule has 1 aliphatic rings. The van der Waals surface area contributed by atoms with Crippen LogP contribution in [0.25, 0.3) is 0 Å². The molecule has 1 amide bonds. The Bertz CT molecular complexity index is 1120. The third-order valence-corrected chi connectivity index (χ3v) is 6.53. The van der Waals surface area contributed by atoms with Gasteiger partial charge >= 0.3 is 0 Å². The van der Waals surface area contributed by atoms with Crippen molar-refractivity contribution in [3.63, 3.8) is 0 Å². The van der Waals surface area contributed by atoms with Crippen molar-refractivity contribution in [2.24, 2.45) is 5.92 Å². The van der Waals surface area contributed by atoms with Crippen LogP contribution in [0.15, 0.2) is 41.6 Å². The monoisotopic (exact) mass is 499 g/mol. The molecule has 3 rings (SSSR count). The van der Waals surface area contributed by atoms with Gasteiger partial charge in [-0.25, -0.2) is 4.98 Å². The minimum Gasteiger partial charge on any atom is -0.351 e. The highest BCUT2D eigenvalue weighted by atomic mass is 35.5. The smallest absolute Gasteiger partial charge is 0.269 e. The van der Waals surface area contributed by atoms with Gasteiger partial charge in [-0.3, -0.25) is 14.4 Å². The molecule has 1 fully saturated rings. The molecule has 0 aliphatic heterocycles. The van der Waals surface area contributed by atoms with Gasteiger partial charge < -0.3 is 10.7 Å². The van der Waals surface area contributed by atoms with Crippen molar-refractivity contribution in [2.45, 2.75) is 45.4 Å². The average molecular weight is 500 g/mol. The van der Waals surface area contributed by atoms with E-state index < -0.39 is 11.8 Å². The fraction of sp³-hybridized carbons (Fsp3) is 0.346. The summed E-state index contributed by atoms with van der Waals surface area (Å²) in [6.07, 6.45) is 6.34. The summed E-state index contributed by atoms with van der Waals surface area (Å²) < 4.78 is 0. The fourth-order valence-electron chi connectivity index (χ4n) is 4.46. The van der Waals surface area contributed by atoms with E-state index in [2.05, 4.69) is 10.3 Å². The maximum Gasteiger partial charge on any atom is 0.269 e. The Balaban J connectivity index is 1.64. The Labute approximate surface area is 209 Å². The number of hydrogen-bond donors (Lipinski definition) is 2. The fourth-order valence-corrected chi connectivity index (χ4v) is 4.68. The van der Waals surface area contributed by atoms with Gasteiger partial charge in [0.2, 0.25) is 0 Å². The quantitative estimate of drug-likeness (QED) is 0.369. The standard InChI is InChI=1S/C26H27Cl2N3O3/c1-15-10-17(4-3-5-19(27)13-29)11-16(2)23(15)24-22(32)12-18(25(24)33)8-9-30-26(34)21-7-6-20(28)14-31-21/h5-7,10-11,13-14,18,24,29H,3-4,8-9,12H2,1-2H3,(H,30,34)/b19-5+,29-13?. The summed E-state index contributed by atoms with van der Waals surface area (Å²) in [5.74, 6) is -1.66. The molecule has 1 saturated carbocycles. The van der Waals surface area contributed by atoms with Crippen LogP contribution in [0.3, 0.4) is 0 Å². The molecular formula is C26H27Cl2N3O3. The van der Waals surface area contributed by atoms with Crippen molar-refractivity contribution in [1.29, 1.82) is 5.41 Å². The number of amides is 1. The highest BCUT2D eigenvalue weighted by Gasteiger charge is 2.42. The van der Waals surface area contributed by atoms with Gasteiger partial charge in [0, 0.05) is 31.3 Å². The predicted molar refractivity (Wildman–Crippen MR) is 134 cm³/mol. The number of ketones is 2. The molecule has 0 bridgehead atoms. The Morgan fingerprint density at radius 1 is 1.24 bits per heavy atom. The number of nitrogens with one attached hydrogen (secondary N) is 2. The number of aryl methyl sites for hydroxylation is 3. The second kappa shape index (κ2) is 11.5. The Morgan fingerprint density at radius 2 is 1.94 bits per heavy atom. The number of hydrogen-bond acceptors (Lipinski definition) is 5. The van der Waals surface area contributed by atoms with Gasteiger partial charge in [0.1, 0.15) is 17.4 Å². The number of nitrogens with zero attached hydrogens (tertiary/aromatic N) is 1. The molecule has 178 valence electrons. The second-order valence-electron chi connectivity index (χ2n) is 8.52. The first-order valence-electron chi connectivity index (χ1n) is 11.1. The molecule has 0 saturated heterocycles. The lowest BCUT2D eigenvalue weighted by Crippen LogP contribution is -2.28. The molecule has 34 heavy (non-hydrogen) atoms. The van der Waals surface area contributed by atoms with Crippen molar-refractivity contribution in [3.05, 3.63) is 74.5 Å². The first-order valence-corrected chi connectivity index (χ1v) is 11.9. The van der Waals surface area contributed by atoms with E-state index in [4.69, 9.17) is 28.6 Å². The molecule has 2 atom stereocenters. The molecule has 2 N–H and O–H groups in total. The molecule has 8 heteroatoms. The number of aromatic nitrogens is 1. The Kier molecular flexibility index (Phi) is 8.75. The van der Waals surface area contributed by atoms with Gasteiger partial charge in [-0.05, 0) is 67.5 Å². The lowest BCUT2D eigenvalue weighted by atomic mass is 9.85. The van der Waals surface area contributed by atoms with Gasteiger partial charge in [0.05, 0.1) is 10.1 Å². The SMILES string of the molecule is Cc1cc(CC/C=C(/Cl)C=N)cc(C)c1C1C(=O)CC(CCNC(=O)c2ccc(Cl)cn2)C1=O. The molecule has 0 radical (unpaired) electrons. The highest BCUT2D eigenvalue weighted by Crippen LogP contribution is 2.37. The Hall–Kier alpha value is -2.83. The third kappa shape index (κ3) is 6.19. The van der Waals surface area contributed by atoms with E-state index >= 15 is 0 Å². The summed E-state index contributed by atoms with van der Waals surface area (Å²) >= 11 is 11.6. The first-order chi connectivity index (χ1) is 16.2. The summed E-state index contributed by atoms with van der Waals surface area (Å²) in [5.41, 5.74) is 3.98.